The second kappa shape index (κ2) is 5.53. The lowest BCUT2D eigenvalue weighted by molar-refractivity contribution is 0.417. The zero-order chi connectivity index (χ0) is 13.9. The Morgan fingerprint density at radius 1 is 1.32 bits per heavy atom. The zero-order valence-electron chi connectivity index (χ0n) is 11.7. The third kappa shape index (κ3) is 4.17. The van der Waals surface area contributed by atoms with Crippen LogP contribution in [0.5, 0.6) is 0 Å². The van der Waals surface area contributed by atoms with E-state index >= 15 is 0 Å². The topological polar surface area (TPSA) is 29.9 Å². The van der Waals surface area contributed by atoms with Crippen LogP contribution in [-0.2, 0) is 13.1 Å². The molecule has 0 saturated heterocycles. The largest absolute Gasteiger partial charge is 0.346 e. The Hall–Kier alpha value is -1.68. The van der Waals surface area contributed by atoms with E-state index in [0.29, 0.717) is 6.54 Å². The van der Waals surface area contributed by atoms with E-state index < -0.39 is 0 Å². The summed E-state index contributed by atoms with van der Waals surface area (Å²) in [5, 5.41) is 3.45. The summed E-state index contributed by atoms with van der Waals surface area (Å²) in [7, 11) is 0. The van der Waals surface area contributed by atoms with E-state index in [9.17, 15) is 4.39 Å². The molecule has 19 heavy (non-hydrogen) atoms. The van der Waals surface area contributed by atoms with E-state index in [1.165, 1.54) is 18.0 Å². The molecule has 0 atom stereocenters. The SMILES string of the molecule is CC(C)(C)NCc1cccn1Cc1cncc(F)c1. The molecule has 2 heterocycles. The molecule has 2 rings (SSSR count). The highest BCUT2D eigenvalue weighted by Crippen LogP contribution is 2.10. The number of nitrogens with zero attached hydrogens (tertiary/aromatic N) is 2. The van der Waals surface area contributed by atoms with E-state index in [0.717, 1.165) is 12.1 Å². The van der Waals surface area contributed by atoms with E-state index in [4.69, 9.17) is 0 Å². The van der Waals surface area contributed by atoms with E-state index in [1.54, 1.807) is 6.20 Å². The van der Waals surface area contributed by atoms with Gasteiger partial charge in [-0.3, -0.25) is 4.98 Å². The van der Waals surface area contributed by atoms with Crippen molar-refractivity contribution in [2.75, 3.05) is 0 Å². The first-order valence-corrected chi connectivity index (χ1v) is 6.42. The predicted octanol–water partition coefficient (Wildman–Crippen LogP) is 2.96. The van der Waals surface area contributed by atoms with Crippen molar-refractivity contribution in [2.45, 2.75) is 39.4 Å². The van der Waals surface area contributed by atoms with E-state index in [-0.39, 0.29) is 11.4 Å². The van der Waals surface area contributed by atoms with Gasteiger partial charge < -0.3 is 9.88 Å². The molecule has 0 aliphatic heterocycles. The fourth-order valence-electron chi connectivity index (χ4n) is 1.86. The molecule has 0 aromatic carbocycles. The van der Waals surface area contributed by atoms with Gasteiger partial charge in [0.05, 0.1) is 6.20 Å². The summed E-state index contributed by atoms with van der Waals surface area (Å²) >= 11 is 0. The van der Waals surface area contributed by atoms with Crippen LogP contribution in [0.25, 0.3) is 0 Å². The highest BCUT2D eigenvalue weighted by molar-refractivity contribution is 5.15. The molecule has 0 fully saturated rings. The van der Waals surface area contributed by atoms with Gasteiger partial charge in [0.25, 0.3) is 0 Å². The summed E-state index contributed by atoms with van der Waals surface area (Å²) in [5.74, 6) is -0.293. The van der Waals surface area contributed by atoms with Crippen molar-refractivity contribution in [3.63, 3.8) is 0 Å². The highest BCUT2D eigenvalue weighted by atomic mass is 19.1. The summed E-state index contributed by atoms with van der Waals surface area (Å²) in [6.07, 6.45) is 4.93. The number of hydrogen-bond acceptors (Lipinski definition) is 2. The first kappa shape index (κ1) is 13.7. The van der Waals surface area contributed by atoms with Gasteiger partial charge in [0.2, 0.25) is 0 Å². The van der Waals surface area contributed by atoms with E-state index in [2.05, 4.69) is 41.7 Å². The molecule has 102 valence electrons. The van der Waals surface area contributed by atoms with Crippen LogP contribution in [0.15, 0.2) is 36.8 Å². The molecule has 2 aromatic rings. The lowest BCUT2D eigenvalue weighted by Gasteiger charge is -2.21. The van der Waals surface area contributed by atoms with Gasteiger partial charge in [-0.2, -0.15) is 0 Å². The molecule has 4 heteroatoms. The zero-order valence-corrected chi connectivity index (χ0v) is 11.7. The summed E-state index contributed by atoms with van der Waals surface area (Å²) in [4.78, 5) is 3.88. The van der Waals surface area contributed by atoms with Crippen LogP contribution in [0.3, 0.4) is 0 Å². The molecule has 0 saturated carbocycles. The Labute approximate surface area is 113 Å². The quantitative estimate of drug-likeness (QED) is 0.917. The standard InChI is InChI=1S/C15H20FN3/c1-15(2,3)18-10-14-5-4-6-19(14)11-12-7-13(16)9-17-8-12/h4-9,18H,10-11H2,1-3H3. The molecule has 1 N–H and O–H groups in total. The van der Waals surface area contributed by atoms with Crippen LogP contribution >= 0.6 is 0 Å². The van der Waals surface area contributed by atoms with E-state index in [1.807, 2.05) is 12.3 Å². The van der Waals surface area contributed by atoms with Gasteiger partial charge in [-0.1, -0.05) is 0 Å². The fourth-order valence-corrected chi connectivity index (χ4v) is 1.86. The van der Waals surface area contributed by atoms with Gasteiger partial charge in [-0.25, -0.2) is 4.39 Å². The number of hydrogen-bond donors (Lipinski definition) is 1. The van der Waals surface area contributed by atoms with Crippen molar-refractivity contribution in [3.8, 4) is 0 Å². The number of halogens is 1. The Morgan fingerprint density at radius 2 is 2.11 bits per heavy atom. The molecule has 0 radical (unpaired) electrons. The van der Waals surface area contributed by atoms with Crippen molar-refractivity contribution in [3.05, 3.63) is 53.9 Å². The van der Waals surface area contributed by atoms with Gasteiger partial charge >= 0.3 is 0 Å². The molecule has 0 spiro atoms. The van der Waals surface area contributed by atoms with Crippen LogP contribution in [0.1, 0.15) is 32.0 Å². The Kier molecular flexibility index (Phi) is 4.00. The molecule has 2 aromatic heterocycles. The molecule has 0 amide bonds. The van der Waals surface area contributed by atoms with Crippen molar-refractivity contribution < 1.29 is 4.39 Å². The Bertz CT molecular complexity index is 540. The van der Waals surface area contributed by atoms with Crippen LogP contribution in [0.4, 0.5) is 4.39 Å². The average Bonchev–Trinajstić information content (AvgIpc) is 2.73. The molecular weight excluding hydrogens is 241 g/mol. The minimum Gasteiger partial charge on any atom is -0.346 e. The first-order chi connectivity index (χ1) is 8.94. The predicted molar refractivity (Wildman–Crippen MR) is 74.3 cm³/mol. The van der Waals surface area contributed by atoms with Crippen LogP contribution in [0, 0.1) is 5.82 Å². The summed E-state index contributed by atoms with van der Waals surface area (Å²) < 4.78 is 15.2. The van der Waals surface area contributed by atoms with Gasteiger partial charge in [0.1, 0.15) is 5.82 Å². The first-order valence-electron chi connectivity index (χ1n) is 6.42. The van der Waals surface area contributed by atoms with Crippen LogP contribution < -0.4 is 5.32 Å². The van der Waals surface area contributed by atoms with Crippen molar-refractivity contribution in [1.82, 2.24) is 14.9 Å². The van der Waals surface area contributed by atoms with Crippen molar-refractivity contribution >= 4 is 0 Å². The van der Waals surface area contributed by atoms with Crippen LogP contribution in [-0.4, -0.2) is 15.1 Å². The average molecular weight is 261 g/mol. The fraction of sp³-hybridized carbons (Fsp3) is 0.400. The minimum absolute atomic E-state index is 0.0789. The van der Waals surface area contributed by atoms with Gasteiger partial charge in [-0.15, -0.1) is 0 Å². The molecule has 0 bridgehead atoms. The minimum atomic E-state index is -0.293. The molecular formula is C15H20FN3. The third-order valence-corrected chi connectivity index (χ3v) is 2.84. The smallest absolute Gasteiger partial charge is 0.141 e. The molecule has 0 unspecified atom stereocenters. The Morgan fingerprint density at radius 3 is 2.79 bits per heavy atom. The normalized spacial score (nSPS) is 11.8. The summed E-state index contributed by atoms with van der Waals surface area (Å²) in [5.41, 5.74) is 2.13. The lowest BCUT2D eigenvalue weighted by Crippen LogP contribution is -2.35. The maximum Gasteiger partial charge on any atom is 0.141 e. The second-order valence-corrected chi connectivity index (χ2v) is 5.74. The number of rotatable bonds is 4. The van der Waals surface area contributed by atoms with Gasteiger partial charge in [0.15, 0.2) is 0 Å². The van der Waals surface area contributed by atoms with Crippen LogP contribution in [0.2, 0.25) is 0 Å². The second-order valence-electron chi connectivity index (χ2n) is 5.74. The van der Waals surface area contributed by atoms with Gasteiger partial charge in [0, 0.05) is 36.7 Å². The molecule has 0 aliphatic carbocycles. The number of nitrogens with one attached hydrogen (secondary N) is 1. The van der Waals surface area contributed by atoms with Gasteiger partial charge in [-0.05, 0) is 44.5 Å². The number of pyridine rings is 1. The summed E-state index contributed by atoms with van der Waals surface area (Å²) in [6.45, 7) is 7.84. The lowest BCUT2D eigenvalue weighted by atomic mass is 10.1. The third-order valence-electron chi connectivity index (χ3n) is 2.84. The molecule has 3 nitrogen and oxygen atoms in total. The maximum atomic E-state index is 13.1. The Balaban J connectivity index is 2.07. The maximum absolute atomic E-state index is 13.1. The number of aromatic nitrogens is 2. The van der Waals surface area contributed by atoms with Crippen molar-refractivity contribution in [2.24, 2.45) is 0 Å². The highest BCUT2D eigenvalue weighted by Gasteiger charge is 2.10. The van der Waals surface area contributed by atoms with Crippen molar-refractivity contribution in [1.29, 1.82) is 0 Å². The summed E-state index contributed by atoms with van der Waals surface area (Å²) in [6, 6.07) is 5.60. The monoisotopic (exact) mass is 261 g/mol. The molecule has 0 aliphatic rings.